The molecule has 226 valence electrons. The summed E-state index contributed by atoms with van der Waals surface area (Å²) in [6.45, 7) is 2.23. The number of unbranched alkanes of at least 4 members (excludes halogenated alkanes) is 1. The third-order valence-corrected chi connectivity index (χ3v) is 12.5. The largest absolute Gasteiger partial charge is 0.477 e. The number of rotatable bonds is 10. The van der Waals surface area contributed by atoms with Gasteiger partial charge >= 0.3 is 5.97 Å². The monoisotopic (exact) mass is 672 g/mol. The van der Waals surface area contributed by atoms with Crippen LogP contribution in [0.25, 0.3) is 63.5 Å². The van der Waals surface area contributed by atoms with Crippen molar-refractivity contribution in [2.45, 2.75) is 24.7 Å². The van der Waals surface area contributed by atoms with Gasteiger partial charge in [0, 0.05) is 50.6 Å². The van der Waals surface area contributed by atoms with Gasteiger partial charge in [0.15, 0.2) is 0 Å². The van der Waals surface area contributed by atoms with Crippen molar-refractivity contribution >= 4 is 79.6 Å². The molecule has 0 spiro atoms. The van der Waals surface area contributed by atoms with Crippen molar-refractivity contribution in [3.05, 3.63) is 114 Å². The molecule has 0 atom stereocenters. The van der Waals surface area contributed by atoms with E-state index in [1.54, 1.807) is 28.7 Å². The number of thiophene rings is 3. The molecule has 1 N–H and O–H groups in total. The normalized spacial score (nSPS) is 11.8. The van der Waals surface area contributed by atoms with Crippen LogP contribution in [0, 0.1) is 11.3 Å². The summed E-state index contributed by atoms with van der Waals surface area (Å²) in [4.78, 5) is 19.1. The van der Waals surface area contributed by atoms with Gasteiger partial charge in [0.05, 0.1) is 11.0 Å². The number of thioether (sulfide) groups is 1. The Morgan fingerprint density at radius 1 is 0.804 bits per heavy atom. The number of nitriles is 1. The van der Waals surface area contributed by atoms with Gasteiger partial charge in [-0.1, -0.05) is 37.6 Å². The summed E-state index contributed by atoms with van der Waals surface area (Å²) in [5.74, 6) is -0.0585. The highest BCUT2D eigenvalue weighted by molar-refractivity contribution is 7.99. The molecule has 0 amide bonds. The molecule has 0 saturated carbocycles. The van der Waals surface area contributed by atoms with Crippen molar-refractivity contribution in [1.29, 1.82) is 5.26 Å². The number of hydrogen-bond acceptors (Lipinski definition) is 6. The molecule has 3 aromatic carbocycles. The smallest absolute Gasteiger partial charge is 0.346 e. The first-order valence-electron chi connectivity index (χ1n) is 14.9. The van der Waals surface area contributed by atoms with E-state index in [1.165, 1.54) is 82.8 Å². The molecule has 4 aromatic heterocycles. The van der Waals surface area contributed by atoms with Crippen LogP contribution in [0.1, 0.15) is 24.6 Å². The van der Waals surface area contributed by atoms with Crippen molar-refractivity contribution < 1.29 is 9.90 Å². The number of carboxylic acids is 1. The number of aliphatic carboxylic acids is 1. The van der Waals surface area contributed by atoms with E-state index < -0.39 is 5.97 Å². The fourth-order valence-electron chi connectivity index (χ4n) is 5.51. The van der Waals surface area contributed by atoms with Gasteiger partial charge < -0.3 is 9.67 Å². The van der Waals surface area contributed by atoms with Crippen LogP contribution in [0.5, 0.6) is 0 Å². The lowest BCUT2D eigenvalue weighted by atomic mass is 10.1. The third kappa shape index (κ3) is 5.95. The van der Waals surface area contributed by atoms with E-state index in [2.05, 4.69) is 102 Å². The highest BCUT2D eigenvalue weighted by atomic mass is 32.2. The van der Waals surface area contributed by atoms with Crippen LogP contribution in [0.4, 0.5) is 0 Å². The summed E-state index contributed by atoms with van der Waals surface area (Å²) < 4.78 is 2.37. The molecule has 4 heterocycles. The molecule has 0 unspecified atom stereocenters. The highest BCUT2D eigenvalue weighted by Crippen LogP contribution is 2.43. The van der Waals surface area contributed by atoms with Crippen LogP contribution in [-0.2, 0) is 4.79 Å². The standard InChI is InChI=1S/C38H28N2O2S4/c1-2-3-20-43-27-11-9-26(10-12-27)40-31-7-5-4-6-29(31)30-22-24(8-14-32(30)40)33-16-17-36(45-33)37-19-18-35(46-37)34-15-13-28(44-34)21-25(23-39)38(41)42/h4-19,21-22H,2-3,20H2,1H3,(H,41,42). The summed E-state index contributed by atoms with van der Waals surface area (Å²) in [6.07, 6.45) is 3.88. The second-order valence-electron chi connectivity index (χ2n) is 10.8. The third-order valence-electron chi connectivity index (χ3n) is 7.78. The number of para-hydroxylation sites is 1. The summed E-state index contributed by atoms with van der Waals surface area (Å²) >= 11 is 6.92. The van der Waals surface area contributed by atoms with E-state index in [0.29, 0.717) is 0 Å². The van der Waals surface area contributed by atoms with Crippen LogP contribution >= 0.6 is 45.8 Å². The zero-order valence-corrected chi connectivity index (χ0v) is 28.2. The molecule has 0 aliphatic heterocycles. The van der Waals surface area contributed by atoms with Crippen LogP contribution < -0.4 is 0 Å². The summed E-state index contributed by atoms with van der Waals surface area (Å²) in [7, 11) is 0. The van der Waals surface area contributed by atoms with E-state index in [1.807, 2.05) is 23.9 Å². The fraction of sp³-hybridized carbons (Fsp3) is 0.105. The Hall–Kier alpha value is -4.39. The first kappa shape index (κ1) is 30.3. The molecule has 0 bridgehead atoms. The molecule has 7 aromatic rings. The van der Waals surface area contributed by atoms with Crippen molar-refractivity contribution in [2.24, 2.45) is 0 Å². The summed E-state index contributed by atoms with van der Waals surface area (Å²) in [6, 6.07) is 38.7. The molecule has 8 heteroatoms. The van der Waals surface area contributed by atoms with E-state index in [-0.39, 0.29) is 5.57 Å². The minimum Gasteiger partial charge on any atom is -0.477 e. The Kier molecular flexibility index (Phi) is 8.65. The zero-order valence-electron chi connectivity index (χ0n) is 24.9. The molecule has 4 nitrogen and oxygen atoms in total. The van der Waals surface area contributed by atoms with Crippen LogP contribution in [-0.4, -0.2) is 21.4 Å². The van der Waals surface area contributed by atoms with E-state index >= 15 is 0 Å². The number of fused-ring (bicyclic) bond motifs is 3. The Bertz CT molecular complexity index is 2280. The van der Waals surface area contributed by atoms with E-state index in [9.17, 15) is 9.90 Å². The van der Waals surface area contributed by atoms with Gasteiger partial charge in [-0.25, -0.2) is 4.79 Å². The lowest BCUT2D eigenvalue weighted by Crippen LogP contribution is -1.96. The van der Waals surface area contributed by atoms with Gasteiger partial charge in [0.1, 0.15) is 11.6 Å². The molecule has 7 rings (SSSR count). The molecule has 0 aliphatic carbocycles. The van der Waals surface area contributed by atoms with Gasteiger partial charge in [0.2, 0.25) is 0 Å². The van der Waals surface area contributed by atoms with Gasteiger partial charge in [-0.15, -0.1) is 45.8 Å². The Balaban J connectivity index is 1.17. The van der Waals surface area contributed by atoms with Crippen molar-refractivity contribution in [1.82, 2.24) is 4.57 Å². The number of hydrogen-bond donors (Lipinski definition) is 1. The average molecular weight is 673 g/mol. The van der Waals surface area contributed by atoms with Crippen LogP contribution in [0.3, 0.4) is 0 Å². The Morgan fingerprint density at radius 3 is 2.17 bits per heavy atom. The van der Waals surface area contributed by atoms with E-state index in [4.69, 9.17) is 5.26 Å². The molecular formula is C38H28N2O2S4. The van der Waals surface area contributed by atoms with Crippen LogP contribution in [0.2, 0.25) is 0 Å². The van der Waals surface area contributed by atoms with Crippen molar-refractivity contribution in [3.8, 4) is 41.7 Å². The predicted molar refractivity (Wildman–Crippen MR) is 198 cm³/mol. The number of carboxylic acid groups (broad SMARTS) is 1. The lowest BCUT2D eigenvalue weighted by molar-refractivity contribution is -0.132. The fourth-order valence-corrected chi connectivity index (χ4v) is 9.64. The minimum absolute atomic E-state index is 0.264. The first-order chi connectivity index (χ1) is 22.5. The lowest BCUT2D eigenvalue weighted by Gasteiger charge is -2.09. The number of carbonyl (C=O) groups is 1. The molecule has 46 heavy (non-hydrogen) atoms. The molecule has 0 saturated heterocycles. The molecule has 0 aliphatic rings. The summed E-state index contributed by atoms with van der Waals surface area (Å²) in [5.41, 5.74) is 4.52. The van der Waals surface area contributed by atoms with Crippen molar-refractivity contribution in [3.63, 3.8) is 0 Å². The van der Waals surface area contributed by atoms with Gasteiger partial charge in [0.25, 0.3) is 0 Å². The van der Waals surface area contributed by atoms with Crippen LogP contribution in [0.15, 0.2) is 114 Å². The average Bonchev–Trinajstić information content (AvgIpc) is 3.89. The number of benzene rings is 3. The Morgan fingerprint density at radius 2 is 1.46 bits per heavy atom. The zero-order chi connectivity index (χ0) is 31.6. The summed E-state index contributed by atoms with van der Waals surface area (Å²) in [5, 5.41) is 20.7. The Labute approximate surface area is 283 Å². The second kappa shape index (κ2) is 13.1. The van der Waals surface area contributed by atoms with E-state index in [0.717, 1.165) is 20.4 Å². The highest BCUT2D eigenvalue weighted by Gasteiger charge is 2.15. The molecule has 0 radical (unpaired) electrons. The molecule has 0 fully saturated rings. The quantitative estimate of drug-likeness (QED) is 0.0680. The first-order valence-corrected chi connectivity index (χ1v) is 18.4. The maximum atomic E-state index is 11.2. The number of nitrogens with zero attached hydrogens (tertiary/aromatic N) is 2. The molecular weight excluding hydrogens is 645 g/mol. The van der Waals surface area contributed by atoms with Gasteiger partial charge in [-0.3, -0.25) is 0 Å². The van der Waals surface area contributed by atoms with Gasteiger partial charge in [-0.2, -0.15) is 5.26 Å². The van der Waals surface area contributed by atoms with Crippen molar-refractivity contribution in [2.75, 3.05) is 5.75 Å². The number of aromatic nitrogens is 1. The van der Waals surface area contributed by atoms with Gasteiger partial charge in [-0.05, 0) is 103 Å². The maximum Gasteiger partial charge on any atom is 0.346 e. The maximum absolute atomic E-state index is 11.2. The predicted octanol–water partition coefficient (Wildman–Crippen LogP) is 11.9. The minimum atomic E-state index is -1.21. The second-order valence-corrected chi connectivity index (χ2v) is 15.2. The topological polar surface area (TPSA) is 66.0 Å². The SMILES string of the molecule is CCCCSc1ccc(-n2c3ccccc3c3cc(-c4ccc(-c5ccc(-c6ccc(C=C(C#N)C(=O)O)s6)s5)s4)ccc32)cc1.